The summed E-state index contributed by atoms with van der Waals surface area (Å²) in [7, 11) is 0. The molecule has 24 heavy (non-hydrogen) atoms. The zero-order valence-electron chi connectivity index (χ0n) is 14.3. The monoisotopic (exact) mass is 343 g/mol. The Morgan fingerprint density at radius 1 is 1.12 bits per heavy atom. The predicted octanol–water partition coefficient (Wildman–Crippen LogP) is 4.40. The molecule has 0 aliphatic carbocycles. The Balaban J connectivity index is 2.10. The molecule has 0 unspecified atom stereocenters. The second-order valence-electron chi connectivity index (χ2n) is 5.91. The summed E-state index contributed by atoms with van der Waals surface area (Å²) < 4.78 is 1.82. The van der Waals surface area contributed by atoms with Crippen LogP contribution in [-0.4, -0.2) is 32.8 Å². The van der Waals surface area contributed by atoms with E-state index in [1.54, 1.807) is 6.33 Å². The normalized spacial score (nSPS) is 11.2. The number of hydrogen-bond acceptors (Lipinski definition) is 4. The summed E-state index contributed by atoms with van der Waals surface area (Å²) in [5, 5.41) is 6.22. The van der Waals surface area contributed by atoms with Gasteiger partial charge in [0, 0.05) is 18.1 Å². The van der Waals surface area contributed by atoms with Gasteiger partial charge in [-0.25, -0.2) is 14.6 Å². The smallest absolute Gasteiger partial charge is 0.168 e. The standard InChI is InChI=1S/C18H22ClN5/c1-4-8-23(9-5-2)17-15-11-22-24(18(15)21-12-20-17)14-7-6-13(3)16(19)10-14/h6-7,10-12H,4-5,8-9H2,1-3H3. The van der Waals surface area contributed by atoms with Gasteiger partial charge in [0.2, 0.25) is 0 Å². The van der Waals surface area contributed by atoms with Gasteiger partial charge in [0.25, 0.3) is 0 Å². The number of aromatic nitrogens is 4. The molecular formula is C18H22ClN5. The van der Waals surface area contributed by atoms with Crippen LogP contribution in [0.1, 0.15) is 32.3 Å². The average molecular weight is 344 g/mol. The summed E-state index contributed by atoms with van der Waals surface area (Å²) in [5.41, 5.74) is 2.75. The first-order chi connectivity index (χ1) is 11.7. The van der Waals surface area contributed by atoms with E-state index in [4.69, 9.17) is 11.6 Å². The molecule has 0 amide bonds. The number of aryl methyl sites for hydroxylation is 1. The highest BCUT2D eigenvalue weighted by molar-refractivity contribution is 6.31. The Labute approximate surface area is 147 Å². The van der Waals surface area contributed by atoms with E-state index in [1.807, 2.05) is 36.0 Å². The van der Waals surface area contributed by atoms with Crippen LogP contribution in [0.25, 0.3) is 16.7 Å². The lowest BCUT2D eigenvalue weighted by Crippen LogP contribution is -2.26. The highest BCUT2D eigenvalue weighted by Gasteiger charge is 2.15. The molecule has 0 aliphatic heterocycles. The molecule has 0 saturated carbocycles. The SMILES string of the molecule is CCCN(CCC)c1ncnc2c1cnn2-c1ccc(C)c(Cl)c1. The van der Waals surface area contributed by atoms with E-state index >= 15 is 0 Å². The van der Waals surface area contributed by atoms with Crippen molar-refractivity contribution >= 4 is 28.5 Å². The summed E-state index contributed by atoms with van der Waals surface area (Å²) >= 11 is 6.26. The molecule has 5 nitrogen and oxygen atoms in total. The van der Waals surface area contributed by atoms with Crippen LogP contribution in [0.15, 0.2) is 30.7 Å². The second kappa shape index (κ2) is 7.18. The fourth-order valence-electron chi connectivity index (χ4n) is 2.85. The van der Waals surface area contributed by atoms with Gasteiger partial charge in [0.05, 0.1) is 17.3 Å². The zero-order chi connectivity index (χ0) is 17.1. The van der Waals surface area contributed by atoms with Crippen LogP contribution >= 0.6 is 11.6 Å². The minimum Gasteiger partial charge on any atom is -0.356 e. The Morgan fingerprint density at radius 2 is 1.88 bits per heavy atom. The van der Waals surface area contributed by atoms with Crippen LogP contribution in [-0.2, 0) is 0 Å². The van der Waals surface area contributed by atoms with Gasteiger partial charge in [-0.05, 0) is 37.5 Å². The van der Waals surface area contributed by atoms with E-state index in [0.717, 1.165) is 59.1 Å². The Bertz CT molecular complexity index is 837. The molecule has 0 radical (unpaired) electrons. The van der Waals surface area contributed by atoms with Crippen LogP contribution in [0, 0.1) is 6.92 Å². The summed E-state index contributed by atoms with van der Waals surface area (Å²) in [6, 6.07) is 5.92. The molecule has 0 aliphatic rings. The molecule has 1 aromatic carbocycles. The molecular weight excluding hydrogens is 322 g/mol. The van der Waals surface area contributed by atoms with E-state index in [2.05, 4.69) is 33.8 Å². The third kappa shape index (κ3) is 3.08. The first-order valence-corrected chi connectivity index (χ1v) is 8.73. The Hall–Kier alpha value is -2.14. The summed E-state index contributed by atoms with van der Waals surface area (Å²) in [4.78, 5) is 11.3. The largest absolute Gasteiger partial charge is 0.356 e. The maximum Gasteiger partial charge on any atom is 0.168 e. The number of rotatable bonds is 6. The highest BCUT2D eigenvalue weighted by atomic mass is 35.5. The van der Waals surface area contributed by atoms with Crippen LogP contribution in [0.2, 0.25) is 5.02 Å². The molecule has 3 rings (SSSR count). The fourth-order valence-corrected chi connectivity index (χ4v) is 3.02. The second-order valence-corrected chi connectivity index (χ2v) is 6.32. The maximum atomic E-state index is 6.26. The zero-order valence-corrected chi connectivity index (χ0v) is 15.1. The third-order valence-corrected chi connectivity index (χ3v) is 4.44. The highest BCUT2D eigenvalue weighted by Crippen LogP contribution is 2.26. The minimum absolute atomic E-state index is 0.726. The molecule has 0 bridgehead atoms. The molecule has 6 heteroatoms. The van der Waals surface area contributed by atoms with Crippen molar-refractivity contribution in [3.05, 3.63) is 41.3 Å². The topological polar surface area (TPSA) is 46.8 Å². The molecule has 0 saturated heterocycles. The molecule has 0 N–H and O–H groups in total. The number of halogens is 1. The lowest BCUT2D eigenvalue weighted by Gasteiger charge is -2.22. The summed E-state index contributed by atoms with van der Waals surface area (Å²) in [5.74, 6) is 0.952. The first-order valence-electron chi connectivity index (χ1n) is 8.35. The Kier molecular flexibility index (Phi) is 5.00. The first kappa shape index (κ1) is 16.7. The number of hydrogen-bond donors (Lipinski definition) is 0. The van der Waals surface area contributed by atoms with E-state index in [0.29, 0.717) is 0 Å². The Morgan fingerprint density at radius 3 is 2.54 bits per heavy atom. The molecule has 0 spiro atoms. The minimum atomic E-state index is 0.726. The third-order valence-electron chi connectivity index (χ3n) is 4.03. The van der Waals surface area contributed by atoms with Gasteiger partial charge >= 0.3 is 0 Å². The van der Waals surface area contributed by atoms with E-state index < -0.39 is 0 Å². The van der Waals surface area contributed by atoms with E-state index in [1.165, 1.54) is 0 Å². The molecule has 0 atom stereocenters. The quantitative estimate of drug-likeness (QED) is 0.665. The lowest BCUT2D eigenvalue weighted by molar-refractivity contribution is 0.736. The van der Waals surface area contributed by atoms with Crippen LogP contribution in [0.5, 0.6) is 0 Å². The van der Waals surface area contributed by atoms with Gasteiger partial charge in [-0.2, -0.15) is 5.10 Å². The average Bonchev–Trinajstić information content (AvgIpc) is 3.01. The lowest BCUT2D eigenvalue weighted by atomic mass is 10.2. The van der Waals surface area contributed by atoms with Gasteiger partial charge in [0.1, 0.15) is 12.1 Å². The van der Waals surface area contributed by atoms with Crippen molar-refractivity contribution in [2.75, 3.05) is 18.0 Å². The summed E-state index contributed by atoms with van der Waals surface area (Å²) in [6.45, 7) is 8.29. The van der Waals surface area contributed by atoms with Crippen molar-refractivity contribution in [3.8, 4) is 5.69 Å². The number of fused-ring (bicyclic) bond motifs is 1. The van der Waals surface area contributed by atoms with Crippen molar-refractivity contribution in [1.29, 1.82) is 0 Å². The number of nitrogens with zero attached hydrogens (tertiary/aromatic N) is 5. The number of benzene rings is 1. The van der Waals surface area contributed by atoms with Crippen molar-refractivity contribution in [2.45, 2.75) is 33.6 Å². The van der Waals surface area contributed by atoms with Crippen LogP contribution < -0.4 is 4.90 Å². The van der Waals surface area contributed by atoms with Crippen molar-refractivity contribution in [2.24, 2.45) is 0 Å². The fraction of sp³-hybridized carbons (Fsp3) is 0.389. The van der Waals surface area contributed by atoms with Crippen molar-refractivity contribution < 1.29 is 0 Å². The maximum absolute atomic E-state index is 6.26. The predicted molar refractivity (Wildman–Crippen MR) is 99.2 cm³/mol. The van der Waals surface area contributed by atoms with Crippen molar-refractivity contribution in [3.63, 3.8) is 0 Å². The molecule has 3 aromatic rings. The molecule has 2 aromatic heterocycles. The van der Waals surface area contributed by atoms with E-state index in [9.17, 15) is 0 Å². The summed E-state index contributed by atoms with van der Waals surface area (Å²) in [6.07, 6.45) is 5.61. The number of anilines is 1. The van der Waals surface area contributed by atoms with Gasteiger partial charge in [-0.1, -0.05) is 31.5 Å². The molecule has 0 fully saturated rings. The van der Waals surface area contributed by atoms with Crippen LogP contribution in [0.3, 0.4) is 0 Å². The van der Waals surface area contributed by atoms with Crippen LogP contribution in [0.4, 0.5) is 5.82 Å². The molecule has 126 valence electrons. The van der Waals surface area contributed by atoms with Gasteiger partial charge in [-0.3, -0.25) is 0 Å². The van der Waals surface area contributed by atoms with Crippen molar-refractivity contribution in [1.82, 2.24) is 19.7 Å². The van der Waals surface area contributed by atoms with Gasteiger partial charge in [0.15, 0.2) is 5.65 Å². The van der Waals surface area contributed by atoms with Gasteiger partial charge < -0.3 is 4.90 Å². The van der Waals surface area contributed by atoms with E-state index in [-0.39, 0.29) is 0 Å². The van der Waals surface area contributed by atoms with Gasteiger partial charge in [-0.15, -0.1) is 0 Å². The molecule has 2 heterocycles.